The molecule has 0 aliphatic rings. The number of hydrogen-bond donors (Lipinski definition) is 0. The molecule has 0 aliphatic heterocycles. The third-order valence-corrected chi connectivity index (χ3v) is 2.38. The molecule has 0 N–H and O–H groups in total. The zero-order valence-corrected chi connectivity index (χ0v) is 10.3. The van der Waals surface area contributed by atoms with Crippen LogP contribution in [0.2, 0.25) is 0 Å². The fourth-order valence-corrected chi connectivity index (χ4v) is 1.40. The highest BCUT2D eigenvalue weighted by molar-refractivity contribution is 5.79. The summed E-state index contributed by atoms with van der Waals surface area (Å²) in [4.78, 5) is 18.2. The lowest BCUT2D eigenvalue weighted by Crippen LogP contribution is -2.33. The van der Waals surface area contributed by atoms with Gasteiger partial charge in [0.25, 0.3) is 5.91 Å². The highest BCUT2D eigenvalue weighted by Crippen LogP contribution is 1.95. The Morgan fingerprint density at radius 2 is 1.94 bits per heavy atom. The number of oxime groups is 1. The first-order valence-corrected chi connectivity index (χ1v) is 5.76. The van der Waals surface area contributed by atoms with E-state index in [1.54, 1.807) is 11.1 Å². The Kier molecular flexibility index (Phi) is 5.79. The molecule has 0 heterocycles. The Morgan fingerprint density at radius 1 is 1.29 bits per heavy atom. The van der Waals surface area contributed by atoms with Crippen molar-refractivity contribution in [1.29, 1.82) is 0 Å². The van der Waals surface area contributed by atoms with Crippen molar-refractivity contribution < 1.29 is 9.63 Å². The van der Waals surface area contributed by atoms with Crippen LogP contribution in [-0.4, -0.2) is 36.7 Å². The third kappa shape index (κ3) is 4.68. The van der Waals surface area contributed by atoms with Crippen molar-refractivity contribution in [1.82, 2.24) is 4.90 Å². The summed E-state index contributed by atoms with van der Waals surface area (Å²) in [5.41, 5.74) is 0.947. The normalized spacial score (nSPS) is 10.5. The first-order chi connectivity index (χ1) is 8.27. The van der Waals surface area contributed by atoms with Gasteiger partial charge in [0.15, 0.2) is 6.61 Å². The van der Waals surface area contributed by atoms with Crippen LogP contribution < -0.4 is 0 Å². The van der Waals surface area contributed by atoms with Gasteiger partial charge >= 0.3 is 0 Å². The van der Waals surface area contributed by atoms with Gasteiger partial charge in [-0.1, -0.05) is 35.5 Å². The number of amides is 1. The maximum Gasteiger partial charge on any atom is 0.263 e. The predicted molar refractivity (Wildman–Crippen MR) is 67.9 cm³/mol. The van der Waals surface area contributed by atoms with E-state index in [1.165, 1.54) is 0 Å². The van der Waals surface area contributed by atoms with E-state index >= 15 is 0 Å². The van der Waals surface area contributed by atoms with E-state index in [2.05, 4.69) is 5.16 Å². The SMILES string of the molecule is CCN(CC)C(=O)CON=Cc1ccccc1. The Morgan fingerprint density at radius 3 is 2.53 bits per heavy atom. The maximum atomic E-state index is 11.5. The van der Waals surface area contributed by atoms with E-state index in [1.807, 2.05) is 44.2 Å². The van der Waals surface area contributed by atoms with Crippen molar-refractivity contribution >= 4 is 12.1 Å². The lowest BCUT2D eigenvalue weighted by Gasteiger charge is -2.17. The number of carbonyl (C=O) groups is 1. The number of likely N-dealkylation sites (N-methyl/N-ethyl adjacent to an activating group) is 1. The molecule has 1 aromatic carbocycles. The minimum Gasteiger partial charge on any atom is -0.386 e. The summed E-state index contributed by atoms with van der Waals surface area (Å²) in [7, 11) is 0. The van der Waals surface area contributed by atoms with Gasteiger partial charge in [-0.3, -0.25) is 4.79 Å². The van der Waals surface area contributed by atoms with Crippen molar-refractivity contribution in [2.24, 2.45) is 5.16 Å². The first kappa shape index (κ1) is 13.2. The number of rotatable bonds is 6. The van der Waals surface area contributed by atoms with E-state index in [0.29, 0.717) is 13.1 Å². The van der Waals surface area contributed by atoms with Crippen molar-refractivity contribution in [3.8, 4) is 0 Å². The molecule has 0 radical (unpaired) electrons. The lowest BCUT2D eigenvalue weighted by atomic mass is 10.2. The predicted octanol–water partition coefficient (Wildman–Crippen LogP) is 1.91. The summed E-state index contributed by atoms with van der Waals surface area (Å²) in [6, 6.07) is 9.60. The molecule has 17 heavy (non-hydrogen) atoms. The number of hydrogen-bond acceptors (Lipinski definition) is 3. The first-order valence-electron chi connectivity index (χ1n) is 5.76. The minimum absolute atomic E-state index is 0.00892. The largest absolute Gasteiger partial charge is 0.386 e. The molecule has 1 amide bonds. The molecule has 0 saturated heterocycles. The molecule has 4 heteroatoms. The standard InChI is InChI=1S/C13H18N2O2/c1-3-15(4-2)13(16)11-17-14-10-12-8-6-5-7-9-12/h5-10H,3-4,11H2,1-2H3. The Labute approximate surface area is 102 Å². The van der Waals surface area contributed by atoms with Crippen LogP contribution in [0.15, 0.2) is 35.5 Å². The minimum atomic E-state index is -0.0415. The van der Waals surface area contributed by atoms with Crippen LogP contribution >= 0.6 is 0 Å². The molecule has 0 atom stereocenters. The third-order valence-electron chi connectivity index (χ3n) is 2.38. The smallest absolute Gasteiger partial charge is 0.263 e. The molecule has 0 bridgehead atoms. The molecule has 1 aromatic rings. The maximum absolute atomic E-state index is 11.5. The van der Waals surface area contributed by atoms with Gasteiger partial charge in [-0.15, -0.1) is 0 Å². The molecule has 92 valence electrons. The van der Waals surface area contributed by atoms with Crippen LogP contribution in [0.3, 0.4) is 0 Å². The van der Waals surface area contributed by atoms with E-state index < -0.39 is 0 Å². The highest BCUT2D eigenvalue weighted by Gasteiger charge is 2.08. The van der Waals surface area contributed by atoms with Gasteiger partial charge in [-0.2, -0.15) is 0 Å². The highest BCUT2D eigenvalue weighted by atomic mass is 16.6. The summed E-state index contributed by atoms with van der Waals surface area (Å²) in [5.74, 6) is -0.0415. The van der Waals surface area contributed by atoms with Gasteiger partial charge in [0, 0.05) is 13.1 Å². The molecule has 0 aromatic heterocycles. The second-order valence-corrected chi connectivity index (χ2v) is 3.48. The zero-order chi connectivity index (χ0) is 12.5. The molecular formula is C13H18N2O2. The Hall–Kier alpha value is -1.84. The molecule has 0 saturated carbocycles. The summed E-state index contributed by atoms with van der Waals surface area (Å²) in [6.45, 7) is 5.26. The van der Waals surface area contributed by atoms with E-state index in [4.69, 9.17) is 4.84 Å². The van der Waals surface area contributed by atoms with Gasteiger partial charge in [0.1, 0.15) is 0 Å². The molecule has 0 unspecified atom stereocenters. The zero-order valence-electron chi connectivity index (χ0n) is 10.3. The molecule has 0 aliphatic carbocycles. The fraction of sp³-hybridized carbons (Fsp3) is 0.385. The summed E-state index contributed by atoms with van der Waals surface area (Å²) in [5, 5.41) is 3.76. The van der Waals surface area contributed by atoms with Crippen LogP contribution in [0.5, 0.6) is 0 Å². The van der Waals surface area contributed by atoms with Crippen LogP contribution in [0.25, 0.3) is 0 Å². The van der Waals surface area contributed by atoms with Crippen LogP contribution in [0.4, 0.5) is 0 Å². The van der Waals surface area contributed by atoms with Crippen LogP contribution in [0.1, 0.15) is 19.4 Å². The van der Waals surface area contributed by atoms with E-state index in [-0.39, 0.29) is 12.5 Å². The van der Waals surface area contributed by atoms with E-state index in [0.717, 1.165) is 5.56 Å². The summed E-state index contributed by atoms with van der Waals surface area (Å²) in [6.07, 6.45) is 1.59. The topological polar surface area (TPSA) is 41.9 Å². The average molecular weight is 234 g/mol. The second-order valence-electron chi connectivity index (χ2n) is 3.48. The van der Waals surface area contributed by atoms with Gasteiger partial charge in [0.2, 0.25) is 0 Å². The second kappa shape index (κ2) is 7.44. The van der Waals surface area contributed by atoms with Crippen molar-refractivity contribution in [2.45, 2.75) is 13.8 Å². The quantitative estimate of drug-likeness (QED) is 0.557. The van der Waals surface area contributed by atoms with Crippen LogP contribution in [0, 0.1) is 0 Å². The van der Waals surface area contributed by atoms with Crippen molar-refractivity contribution in [3.05, 3.63) is 35.9 Å². The fourth-order valence-electron chi connectivity index (χ4n) is 1.40. The molecular weight excluding hydrogens is 216 g/mol. The molecule has 0 fully saturated rings. The Balaban J connectivity index is 2.33. The van der Waals surface area contributed by atoms with Crippen LogP contribution in [-0.2, 0) is 9.63 Å². The van der Waals surface area contributed by atoms with Gasteiger partial charge in [-0.25, -0.2) is 0 Å². The van der Waals surface area contributed by atoms with Gasteiger partial charge in [0.05, 0.1) is 6.21 Å². The van der Waals surface area contributed by atoms with Crippen molar-refractivity contribution in [3.63, 3.8) is 0 Å². The summed E-state index contributed by atoms with van der Waals surface area (Å²) < 4.78 is 0. The number of carbonyl (C=O) groups excluding carboxylic acids is 1. The Bertz CT molecular complexity index is 359. The lowest BCUT2D eigenvalue weighted by molar-refractivity contribution is -0.135. The molecule has 0 spiro atoms. The summed E-state index contributed by atoms with van der Waals surface area (Å²) >= 11 is 0. The van der Waals surface area contributed by atoms with Gasteiger partial charge in [-0.05, 0) is 19.4 Å². The van der Waals surface area contributed by atoms with Gasteiger partial charge < -0.3 is 9.74 Å². The average Bonchev–Trinajstić information content (AvgIpc) is 2.37. The number of benzene rings is 1. The molecule has 1 rings (SSSR count). The number of nitrogens with zero attached hydrogens (tertiary/aromatic N) is 2. The molecule has 4 nitrogen and oxygen atoms in total. The monoisotopic (exact) mass is 234 g/mol. The van der Waals surface area contributed by atoms with Crippen molar-refractivity contribution in [2.75, 3.05) is 19.7 Å². The van der Waals surface area contributed by atoms with E-state index in [9.17, 15) is 4.79 Å².